The van der Waals surface area contributed by atoms with E-state index in [0.717, 1.165) is 18.9 Å². The zero-order valence-corrected chi connectivity index (χ0v) is 17.7. The number of carbonyl (C=O) groups excluding carboxylic acids is 2. The Morgan fingerprint density at radius 2 is 1.77 bits per heavy atom. The molecule has 158 valence electrons. The summed E-state index contributed by atoms with van der Waals surface area (Å²) in [5.74, 6) is -0.475. The summed E-state index contributed by atoms with van der Waals surface area (Å²) < 4.78 is 24.1. The summed E-state index contributed by atoms with van der Waals surface area (Å²) >= 11 is 17.4. The van der Waals surface area contributed by atoms with Gasteiger partial charge in [-0.15, -0.1) is 0 Å². The molecule has 0 spiro atoms. The van der Waals surface area contributed by atoms with E-state index in [1.165, 1.54) is 18.2 Å². The quantitative estimate of drug-likeness (QED) is 0.589. The van der Waals surface area contributed by atoms with E-state index in [4.69, 9.17) is 44.3 Å². The Bertz CT molecular complexity index is 1030. The van der Waals surface area contributed by atoms with Gasteiger partial charge in [0.2, 0.25) is 0 Å². The van der Waals surface area contributed by atoms with E-state index in [0.29, 0.717) is 15.8 Å². The number of nitrogens with one attached hydrogen (secondary N) is 2. The van der Waals surface area contributed by atoms with Gasteiger partial charge in [0.1, 0.15) is 18.2 Å². The zero-order valence-electron chi connectivity index (χ0n) is 15.4. The van der Waals surface area contributed by atoms with Gasteiger partial charge in [-0.3, -0.25) is 10.1 Å². The molecule has 6 nitrogen and oxygen atoms in total. The van der Waals surface area contributed by atoms with Gasteiger partial charge in [-0.2, -0.15) is 0 Å². The van der Waals surface area contributed by atoms with Crippen LogP contribution in [0.5, 0.6) is 5.75 Å². The van der Waals surface area contributed by atoms with Crippen LogP contribution in [0, 0.1) is 11.2 Å². The van der Waals surface area contributed by atoms with Crippen molar-refractivity contribution in [2.45, 2.75) is 18.4 Å². The molecule has 2 aliphatic rings. The van der Waals surface area contributed by atoms with Crippen LogP contribution in [0.2, 0.25) is 15.1 Å². The molecule has 0 unspecified atom stereocenters. The number of ether oxygens (including phenoxy) is 2. The lowest BCUT2D eigenvalue weighted by Gasteiger charge is -2.09. The second-order valence-electron chi connectivity index (χ2n) is 7.46. The monoisotopic (exact) mass is 472 g/mol. The third-order valence-electron chi connectivity index (χ3n) is 5.33. The molecule has 30 heavy (non-hydrogen) atoms. The topological polar surface area (TPSA) is 76.7 Å². The van der Waals surface area contributed by atoms with Crippen molar-refractivity contribution in [3.63, 3.8) is 0 Å². The highest BCUT2D eigenvalue weighted by Crippen LogP contribution is 2.78. The second kappa shape index (κ2) is 7.80. The molecule has 0 aliphatic heterocycles. The van der Waals surface area contributed by atoms with Crippen LogP contribution in [-0.2, 0) is 9.53 Å². The molecule has 0 saturated heterocycles. The minimum atomic E-state index is -0.701. The van der Waals surface area contributed by atoms with Gasteiger partial charge in [0, 0.05) is 17.2 Å². The third kappa shape index (κ3) is 4.29. The Labute approximate surface area is 186 Å². The normalized spacial score (nSPS) is 23.2. The number of amides is 2. The number of fused-ring (bicyclic) bond motifs is 1. The molecule has 2 fully saturated rings. The summed E-state index contributed by atoms with van der Waals surface area (Å²) in [7, 11) is 0. The Morgan fingerprint density at radius 3 is 2.47 bits per heavy atom. The van der Waals surface area contributed by atoms with E-state index < -0.39 is 11.9 Å². The van der Waals surface area contributed by atoms with Crippen LogP contribution >= 0.6 is 34.8 Å². The molecule has 2 aromatic rings. The van der Waals surface area contributed by atoms with E-state index >= 15 is 0 Å². The minimum absolute atomic E-state index is 0.0348. The van der Waals surface area contributed by atoms with Crippen LogP contribution in [0.25, 0.3) is 0 Å². The number of hydrogen-bond donors (Lipinski definition) is 2. The zero-order chi connectivity index (χ0) is 21.5. The highest BCUT2D eigenvalue weighted by molar-refractivity contribution is 6.42. The summed E-state index contributed by atoms with van der Waals surface area (Å²) in [5, 5.41) is 6.08. The van der Waals surface area contributed by atoms with Crippen molar-refractivity contribution >= 4 is 52.5 Å². The highest BCUT2D eigenvalue weighted by atomic mass is 35.5. The Kier molecular flexibility index (Phi) is 5.46. The third-order valence-corrected chi connectivity index (χ3v) is 6.38. The van der Waals surface area contributed by atoms with Crippen molar-refractivity contribution in [1.29, 1.82) is 0 Å². The average Bonchev–Trinajstić information content (AvgIpc) is 3.50. The Hall–Kier alpha value is -2.22. The molecule has 0 radical (unpaired) electrons. The molecule has 2 N–H and O–H groups in total. The molecule has 0 bridgehead atoms. The number of anilines is 1. The lowest BCUT2D eigenvalue weighted by Crippen LogP contribution is -2.35. The number of carbonyl (C=O) groups is 2. The molecule has 2 aromatic carbocycles. The minimum Gasteiger partial charge on any atom is -0.484 e. The van der Waals surface area contributed by atoms with Crippen molar-refractivity contribution in [2.24, 2.45) is 5.41 Å². The smallest absolute Gasteiger partial charge is 0.411 e. The standard InChI is InChI=1S/C20H16Cl3FN2O4/c21-13-4-2-12(6-15(13)23)29-7-17(27)26-20-8-19(20,9-20)10-30-18(28)25-11-1-3-14(22)16(24)5-11/h1-6H,7-10H2,(H,25,28)(H,26,27). The van der Waals surface area contributed by atoms with Gasteiger partial charge in [-0.05, 0) is 43.2 Å². The summed E-state index contributed by atoms with van der Waals surface area (Å²) in [5.41, 5.74) is -0.350. The number of rotatable bonds is 7. The predicted octanol–water partition coefficient (Wildman–Crippen LogP) is 5.06. The van der Waals surface area contributed by atoms with Crippen LogP contribution in [0.15, 0.2) is 36.4 Å². The lowest BCUT2D eigenvalue weighted by atomic mass is 10.2. The molecule has 2 amide bonds. The van der Waals surface area contributed by atoms with Gasteiger partial charge in [-0.1, -0.05) is 34.8 Å². The molecule has 4 rings (SSSR count). The van der Waals surface area contributed by atoms with Gasteiger partial charge < -0.3 is 14.8 Å². The van der Waals surface area contributed by atoms with Crippen LogP contribution in [-0.4, -0.2) is 30.8 Å². The van der Waals surface area contributed by atoms with Crippen molar-refractivity contribution in [2.75, 3.05) is 18.5 Å². The fourth-order valence-electron chi connectivity index (χ4n) is 3.43. The maximum Gasteiger partial charge on any atom is 0.411 e. The first kappa shape index (κ1) is 21.0. The highest BCUT2D eigenvalue weighted by Gasteiger charge is 2.84. The summed E-state index contributed by atoms with van der Waals surface area (Å²) in [6.45, 7) is -0.0118. The fourth-order valence-corrected chi connectivity index (χ4v) is 3.83. The molecule has 10 heteroatoms. The molecular weight excluding hydrogens is 458 g/mol. The number of benzene rings is 2. The summed E-state index contributed by atoms with van der Waals surface area (Å²) in [4.78, 5) is 24.1. The van der Waals surface area contributed by atoms with Crippen molar-refractivity contribution in [3.05, 3.63) is 57.3 Å². The second-order valence-corrected chi connectivity index (χ2v) is 8.68. The van der Waals surface area contributed by atoms with E-state index in [2.05, 4.69) is 10.6 Å². The van der Waals surface area contributed by atoms with Crippen molar-refractivity contribution in [3.8, 4) is 5.75 Å². The van der Waals surface area contributed by atoms with Crippen LogP contribution in [0.3, 0.4) is 0 Å². The number of halogens is 4. The fraction of sp³-hybridized carbons (Fsp3) is 0.300. The molecule has 0 atom stereocenters. The molecule has 0 aromatic heterocycles. The van der Waals surface area contributed by atoms with E-state index in [9.17, 15) is 14.0 Å². The van der Waals surface area contributed by atoms with Crippen molar-refractivity contribution < 1.29 is 23.5 Å². The van der Waals surface area contributed by atoms with Crippen LogP contribution in [0.4, 0.5) is 14.9 Å². The maximum atomic E-state index is 13.4. The van der Waals surface area contributed by atoms with Gasteiger partial charge in [0.25, 0.3) is 5.91 Å². The lowest BCUT2D eigenvalue weighted by molar-refractivity contribution is -0.123. The van der Waals surface area contributed by atoms with Gasteiger partial charge in [-0.25, -0.2) is 9.18 Å². The van der Waals surface area contributed by atoms with Gasteiger partial charge in [0.15, 0.2) is 6.61 Å². The first-order chi connectivity index (χ1) is 14.2. The first-order valence-corrected chi connectivity index (χ1v) is 10.1. The SMILES string of the molecule is O=C(COc1ccc(Cl)c(Cl)c1)NC12CC1(COC(=O)Nc1ccc(Cl)c(F)c1)C2. The molecule has 2 saturated carbocycles. The summed E-state index contributed by atoms with van der Waals surface area (Å²) in [6.07, 6.45) is 0.746. The predicted molar refractivity (Wildman–Crippen MR) is 111 cm³/mol. The summed E-state index contributed by atoms with van der Waals surface area (Å²) in [6, 6.07) is 8.66. The van der Waals surface area contributed by atoms with Crippen molar-refractivity contribution in [1.82, 2.24) is 5.32 Å². The van der Waals surface area contributed by atoms with Crippen LogP contribution in [0.1, 0.15) is 12.8 Å². The van der Waals surface area contributed by atoms with E-state index in [-0.39, 0.29) is 40.8 Å². The van der Waals surface area contributed by atoms with Gasteiger partial charge in [0.05, 0.1) is 20.6 Å². The Morgan fingerprint density at radius 1 is 1.03 bits per heavy atom. The van der Waals surface area contributed by atoms with Gasteiger partial charge >= 0.3 is 6.09 Å². The van der Waals surface area contributed by atoms with Crippen LogP contribution < -0.4 is 15.4 Å². The largest absolute Gasteiger partial charge is 0.484 e. The average molecular weight is 474 g/mol. The molecule has 2 aliphatic carbocycles. The molecular formula is C20H16Cl3FN2O4. The van der Waals surface area contributed by atoms with E-state index in [1.54, 1.807) is 12.1 Å². The number of hydrogen-bond acceptors (Lipinski definition) is 4. The molecule has 0 heterocycles. The Balaban J connectivity index is 1.20. The first-order valence-electron chi connectivity index (χ1n) is 9.00. The maximum absolute atomic E-state index is 13.4. The van der Waals surface area contributed by atoms with E-state index in [1.807, 2.05) is 0 Å².